The number of pyridine rings is 2. The monoisotopic (exact) mass is 292 g/mol. The van der Waals surface area contributed by atoms with E-state index in [0.717, 1.165) is 23.4 Å². The number of rotatable bonds is 4. The van der Waals surface area contributed by atoms with E-state index in [4.69, 9.17) is 4.74 Å². The highest BCUT2D eigenvalue weighted by atomic mass is 16.5. The molecule has 22 heavy (non-hydrogen) atoms. The molecule has 3 heteroatoms. The summed E-state index contributed by atoms with van der Waals surface area (Å²) >= 11 is 0. The minimum atomic E-state index is -0.310. The van der Waals surface area contributed by atoms with Gasteiger partial charge in [-0.2, -0.15) is 0 Å². The van der Waals surface area contributed by atoms with Gasteiger partial charge in [-0.1, -0.05) is 30.4 Å². The molecule has 0 aliphatic heterocycles. The molecule has 0 aromatic carbocycles. The van der Waals surface area contributed by atoms with Crippen LogP contribution in [0.4, 0.5) is 0 Å². The minimum absolute atomic E-state index is 0.0411. The summed E-state index contributed by atoms with van der Waals surface area (Å²) in [7, 11) is 0. The van der Waals surface area contributed by atoms with E-state index in [0.29, 0.717) is 0 Å². The molecule has 2 aromatic rings. The third-order valence-corrected chi connectivity index (χ3v) is 3.85. The first-order chi connectivity index (χ1) is 10.7. The Bertz CT molecular complexity index is 679. The number of aromatic nitrogens is 2. The summed E-state index contributed by atoms with van der Waals surface area (Å²) in [5.41, 5.74) is 2.79. The van der Waals surface area contributed by atoms with Crippen LogP contribution in [0.25, 0.3) is 5.57 Å². The second-order valence-corrected chi connectivity index (χ2v) is 5.74. The molecule has 0 bridgehead atoms. The van der Waals surface area contributed by atoms with Gasteiger partial charge in [0.2, 0.25) is 0 Å². The highest BCUT2D eigenvalue weighted by molar-refractivity contribution is 5.73. The van der Waals surface area contributed by atoms with Crippen LogP contribution in [0.5, 0.6) is 0 Å². The molecule has 0 amide bonds. The van der Waals surface area contributed by atoms with Crippen LogP contribution in [-0.4, -0.2) is 15.6 Å². The molecular weight excluding hydrogens is 272 g/mol. The maximum Gasteiger partial charge on any atom is 0.0978 e. The highest BCUT2D eigenvalue weighted by Gasteiger charge is 2.27. The smallest absolute Gasteiger partial charge is 0.0978 e. The van der Waals surface area contributed by atoms with E-state index in [-0.39, 0.29) is 11.7 Å². The van der Waals surface area contributed by atoms with Crippen molar-refractivity contribution in [3.63, 3.8) is 0 Å². The zero-order valence-corrected chi connectivity index (χ0v) is 12.9. The van der Waals surface area contributed by atoms with E-state index >= 15 is 0 Å². The quantitative estimate of drug-likeness (QED) is 0.840. The van der Waals surface area contributed by atoms with Crippen LogP contribution >= 0.6 is 0 Å². The van der Waals surface area contributed by atoms with E-state index in [1.807, 2.05) is 49.5 Å². The average molecular weight is 292 g/mol. The zero-order valence-electron chi connectivity index (χ0n) is 12.9. The zero-order chi connectivity index (χ0) is 15.4. The van der Waals surface area contributed by atoms with Crippen molar-refractivity contribution in [3.8, 4) is 0 Å². The second-order valence-electron chi connectivity index (χ2n) is 5.74. The lowest BCUT2D eigenvalue weighted by Gasteiger charge is -2.31. The highest BCUT2D eigenvalue weighted by Crippen LogP contribution is 2.32. The molecule has 3 rings (SSSR count). The van der Waals surface area contributed by atoms with Crippen LogP contribution in [0.1, 0.15) is 37.8 Å². The largest absolute Gasteiger partial charge is 0.362 e. The van der Waals surface area contributed by atoms with E-state index in [2.05, 4.69) is 35.1 Å². The molecule has 0 saturated heterocycles. The van der Waals surface area contributed by atoms with Gasteiger partial charge >= 0.3 is 0 Å². The van der Waals surface area contributed by atoms with Gasteiger partial charge in [-0.3, -0.25) is 9.97 Å². The first-order valence-electron chi connectivity index (χ1n) is 7.56. The van der Waals surface area contributed by atoms with Crippen molar-refractivity contribution < 1.29 is 4.74 Å². The summed E-state index contributed by atoms with van der Waals surface area (Å²) in [5, 5.41) is 0. The number of ether oxygens (including phenoxy) is 1. The molecule has 2 unspecified atom stereocenters. The molecule has 2 aromatic heterocycles. The van der Waals surface area contributed by atoms with Gasteiger partial charge in [0.1, 0.15) is 0 Å². The van der Waals surface area contributed by atoms with Crippen molar-refractivity contribution in [1.82, 2.24) is 9.97 Å². The van der Waals surface area contributed by atoms with Gasteiger partial charge in [0.05, 0.1) is 23.1 Å². The van der Waals surface area contributed by atoms with Gasteiger partial charge in [-0.15, -0.1) is 0 Å². The Hall–Kier alpha value is -2.26. The Balaban J connectivity index is 1.70. The summed E-state index contributed by atoms with van der Waals surface area (Å²) in [6.07, 6.45) is 10.8. The fraction of sp³-hybridized carbons (Fsp3) is 0.263. The van der Waals surface area contributed by atoms with Crippen molar-refractivity contribution in [3.05, 3.63) is 78.4 Å². The third kappa shape index (κ3) is 3.31. The summed E-state index contributed by atoms with van der Waals surface area (Å²) in [5.74, 6) is 0. The Morgan fingerprint density at radius 1 is 1.09 bits per heavy atom. The van der Waals surface area contributed by atoms with Gasteiger partial charge in [-0.25, -0.2) is 0 Å². The third-order valence-electron chi connectivity index (χ3n) is 3.85. The maximum atomic E-state index is 6.23. The molecule has 0 radical (unpaired) electrons. The van der Waals surface area contributed by atoms with Crippen LogP contribution in [-0.2, 0) is 4.74 Å². The van der Waals surface area contributed by atoms with Crippen molar-refractivity contribution in [2.75, 3.05) is 0 Å². The first kappa shape index (κ1) is 14.7. The summed E-state index contributed by atoms with van der Waals surface area (Å²) < 4.78 is 6.23. The number of allylic oxidation sites excluding steroid dienone is 2. The van der Waals surface area contributed by atoms with Crippen LogP contribution in [0.15, 0.2) is 67.0 Å². The first-order valence-corrected chi connectivity index (χ1v) is 7.56. The second kappa shape index (κ2) is 6.24. The summed E-state index contributed by atoms with van der Waals surface area (Å²) in [6, 6.07) is 11.9. The van der Waals surface area contributed by atoms with Gasteiger partial charge in [0.15, 0.2) is 0 Å². The number of hydrogen-bond donors (Lipinski definition) is 0. The maximum absolute atomic E-state index is 6.23. The van der Waals surface area contributed by atoms with Crippen molar-refractivity contribution >= 4 is 5.57 Å². The molecule has 2 heterocycles. The molecule has 112 valence electrons. The van der Waals surface area contributed by atoms with Crippen LogP contribution in [0, 0.1) is 0 Å². The van der Waals surface area contributed by atoms with Gasteiger partial charge in [0.25, 0.3) is 0 Å². The average Bonchev–Trinajstić information content (AvgIpc) is 2.57. The predicted octanol–water partition coefficient (Wildman–Crippen LogP) is 4.36. The van der Waals surface area contributed by atoms with Crippen LogP contribution in [0.2, 0.25) is 0 Å². The fourth-order valence-corrected chi connectivity index (χ4v) is 2.61. The Labute approximate surface area is 131 Å². The van der Waals surface area contributed by atoms with Crippen LogP contribution < -0.4 is 0 Å². The standard InChI is InChI=1S/C19H20N2O/c1-15(17-7-3-5-13-20-17)22-19(2)11-9-16(10-12-19)18-8-4-6-14-21-18/h3-11,13-15H,12H2,1-2H3. The minimum Gasteiger partial charge on any atom is -0.362 e. The Morgan fingerprint density at radius 3 is 2.45 bits per heavy atom. The fourth-order valence-electron chi connectivity index (χ4n) is 2.61. The van der Waals surface area contributed by atoms with Crippen molar-refractivity contribution in [2.45, 2.75) is 32.0 Å². The molecule has 1 aliphatic carbocycles. The molecule has 0 fully saturated rings. The topological polar surface area (TPSA) is 35.0 Å². The van der Waals surface area contributed by atoms with Gasteiger partial charge in [-0.05, 0) is 50.1 Å². The van der Waals surface area contributed by atoms with E-state index < -0.39 is 0 Å². The number of nitrogens with zero attached hydrogens (tertiary/aromatic N) is 2. The molecule has 0 N–H and O–H groups in total. The van der Waals surface area contributed by atoms with Gasteiger partial charge < -0.3 is 4.74 Å². The SMILES string of the molecule is CC(OC1(C)C=CC(c2ccccn2)=CC1)c1ccccn1. The number of hydrogen-bond acceptors (Lipinski definition) is 3. The molecule has 0 saturated carbocycles. The molecule has 1 aliphatic rings. The van der Waals surface area contributed by atoms with E-state index in [9.17, 15) is 0 Å². The summed E-state index contributed by atoms with van der Waals surface area (Å²) in [6.45, 7) is 4.15. The molecular formula is C19H20N2O. The lowest BCUT2D eigenvalue weighted by Crippen LogP contribution is -2.28. The predicted molar refractivity (Wildman–Crippen MR) is 88.1 cm³/mol. The molecule has 3 nitrogen and oxygen atoms in total. The van der Waals surface area contributed by atoms with Crippen LogP contribution in [0.3, 0.4) is 0 Å². The van der Waals surface area contributed by atoms with Crippen molar-refractivity contribution in [2.24, 2.45) is 0 Å². The van der Waals surface area contributed by atoms with E-state index in [1.54, 1.807) is 6.20 Å². The Morgan fingerprint density at radius 2 is 1.86 bits per heavy atom. The van der Waals surface area contributed by atoms with Crippen molar-refractivity contribution in [1.29, 1.82) is 0 Å². The Kier molecular flexibility index (Phi) is 4.16. The van der Waals surface area contributed by atoms with E-state index in [1.165, 1.54) is 0 Å². The van der Waals surface area contributed by atoms with Gasteiger partial charge in [0, 0.05) is 12.4 Å². The lowest BCUT2D eigenvalue weighted by molar-refractivity contribution is -0.0458. The summed E-state index contributed by atoms with van der Waals surface area (Å²) in [4.78, 5) is 8.75. The lowest BCUT2D eigenvalue weighted by atomic mass is 9.92. The normalized spacial score (nSPS) is 22.2. The molecule has 2 atom stereocenters. The molecule has 0 spiro atoms.